The van der Waals surface area contributed by atoms with Crippen molar-refractivity contribution in [2.75, 3.05) is 12.9 Å². The van der Waals surface area contributed by atoms with Crippen LogP contribution < -0.4 is 14.9 Å². The summed E-state index contributed by atoms with van der Waals surface area (Å²) in [7, 11) is 1.59. The molecule has 0 aliphatic carbocycles. The summed E-state index contributed by atoms with van der Waals surface area (Å²) in [6.45, 7) is 0.439. The van der Waals surface area contributed by atoms with Crippen molar-refractivity contribution in [3.05, 3.63) is 81.4 Å². The lowest BCUT2D eigenvalue weighted by Gasteiger charge is -2.13. The molecule has 0 aliphatic rings. The van der Waals surface area contributed by atoms with E-state index in [4.69, 9.17) is 13.9 Å². The van der Waals surface area contributed by atoms with Crippen molar-refractivity contribution >= 4 is 57.6 Å². The summed E-state index contributed by atoms with van der Waals surface area (Å²) >= 11 is 3.41. The number of hydrazone groups is 1. The Labute approximate surface area is 208 Å². The van der Waals surface area contributed by atoms with E-state index in [-0.39, 0.29) is 11.7 Å². The number of hydrogen-bond acceptors (Lipinski definition) is 7. The van der Waals surface area contributed by atoms with Gasteiger partial charge in [-0.05, 0) is 58.0 Å². The third-order valence-electron chi connectivity index (χ3n) is 4.48. The second kappa shape index (κ2) is 11.2. The Morgan fingerprint density at radius 2 is 1.97 bits per heavy atom. The molecule has 0 fully saturated rings. The van der Waals surface area contributed by atoms with E-state index in [2.05, 4.69) is 38.1 Å². The highest BCUT2D eigenvalue weighted by Crippen LogP contribution is 2.34. The maximum absolute atomic E-state index is 12.1. The van der Waals surface area contributed by atoms with Gasteiger partial charge in [0.25, 0.3) is 11.1 Å². The molecule has 0 spiro atoms. The zero-order valence-corrected chi connectivity index (χ0v) is 20.6. The van der Waals surface area contributed by atoms with Gasteiger partial charge in [-0.15, -0.1) is 0 Å². The Hall–Kier alpha value is -3.05. The number of rotatable bonds is 9. The number of carbonyl (C=O) groups excluding carboxylic acids is 1. The van der Waals surface area contributed by atoms with Crippen LogP contribution >= 0.6 is 34.4 Å². The number of carbonyl (C=O) groups is 1. The van der Waals surface area contributed by atoms with Gasteiger partial charge in [-0.2, -0.15) is 5.10 Å². The molecule has 168 valence electrons. The number of thioether (sulfide) groups is 1. The quantitative estimate of drug-likeness (QED) is 0.127. The number of ether oxygens (including phenoxy) is 2. The Kier molecular flexibility index (Phi) is 7.84. The highest BCUT2D eigenvalue weighted by atomic mass is 127. The monoisotopic (exact) mass is 573 g/mol. The maximum atomic E-state index is 12.1. The standard InChI is InChI=1S/C24H20IN3O4S/c1-30-21-12-17(11-18(25)23(21)31-14-16-7-3-2-4-8-16)13-26-28-22(29)15-33-24-27-19-9-5-6-10-20(19)32-24/h2-13H,14-15H2,1H3,(H,28,29)/b26-13+. The zero-order valence-electron chi connectivity index (χ0n) is 17.7. The molecule has 3 aromatic carbocycles. The molecule has 0 aliphatic heterocycles. The first-order valence-corrected chi connectivity index (χ1v) is 12.0. The number of hydrogen-bond donors (Lipinski definition) is 1. The van der Waals surface area contributed by atoms with Crippen LogP contribution in [0.2, 0.25) is 0 Å². The largest absolute Gasteiger partial charge is 0.493 e. The van der Waals surface area contributed by atoms with Gasteiger partial charge in [0.1, 0.15) is 12.1 Å². The molecular formula is C24H20IN3O4S. The molecule has 1 aromatic heterocycles. The fraction of sp³-hybridized carbons (Fsp3) is 0.125. The molecule has 9 heteroatoms. The minimum atomic E-state index is -0.261. The van der Waals surface area contributed by atoms with E-state index in [9.17, 15) is 4.79 Å². The topological polar surface area (TPSA) is 86.0 Å². The Morgan fingerprint density at radius 3 is 2.76 bits per heavy atom. The average Bonchev–Trinajstić information content (AvgIpc) is 3.25. The Bertz CT molecular complexity index is 1240. The average molecular weight is 573 g/mol. The van der Waals surface area contributed by atoms with E-state index in [1.54, 1.807) is 13.3 Å². The smallest absolute Gasteiger partial charge is 0.257 e. The second-order valence-electron chi connectivity index (χ2n) is 6.84. The van der Waals surface area contributed by atoms with Gasteiger partial charge in [-0.1, -0.05) is 54.2 Å². The highest BCUT2D eigenvalue weighted by molar-refractivity contribution is 14.1. The summed E-state index contributed by atoms with van der Waals surface area (Å²) in [5.74, 6) is 1.13. The van der Waals surface area contributed by atoms with Gasteiger partial charge in [0.15, 0.2) is 17.1 Å². The van der Waals surface area contributed by atoms with Crippen LogP contribution in [0.4, 0.5) is 0 Å². The van der Waals surface area contributed by atoms with Crippen LogP contribution in [0.3, 0.4) is 0 Å². The van der Waals surface area contributed by atoms with E-state index in [0.717, 1.165) is 20.2 Å². The SMILES string of the molecule is COc1cc(/C=N/NC(=O)CSc2nc3ccccc3o2)cc(I)c1OCc1ccccc1. The highest BCUT2D eigenvalue weighted by Gasteiger charge is 2.12. The minimum absolute atomic E-state index is 0.136. The normalized spacial score (nSPS) is 11.1. The number of benzene rings is 3. The third-order valence-corrected chi connectivity index (χ3v) is 6.11. The lowest BCUT2D eigenvalue weighted by atomic mass is 10.2. The fourth-order valence-corrected chi connectivity index (χ4v) is 4.35. The van der Waals surface area contributed by atoms with Gasteiger partial charge >= 0.3 is 0 Å². The molecule has 7 nitrogen and oxygen atoms in total. The number of halogens is 1. The van der Waals surface area contributed by atoms with Crippen LogP contribution in [-0.4, -0.2) is 30.0 Å². The molecule has 1 heterocycles. The minimum Gasteiger partial charge on any atom is -0.493 e. The van der Waals surface area contributed by atoms with Crippen molar-refractivity contribution in [3.63, 3.8) is 0 Å². The molecule has 4 aromatic rings. The van der Waals surface area contributed by atoms with Gasteiger partial charge < -0.3 is 13.9 Å². The van der Waals surface area contributed by atoms with Crippen molar-refractivity contribution < 1.29 is 18.7 Å². The summed E-state index contributed by atoms with van der Waals surface area (Å²) in [6, 6.07) is 21.1. The van der Waals surface area contributed by atoms with E-state index in [1.807, 2.05) is 66.7 Å². The van der Waals surface area contributed by atoms with Crippen molar-refractivity contribution in [1.82, 2.24) is 10.4 Å². The Balaban J connectivity index is 1.33. The van der Waals surface area contributed by atoms with Crippen molar-refractivity contribution in [2.24, 2.45) is 5.10 Å². The predicted molar refractivity (Wildman–Crippen MR) is 137 cm³/mol. The van der Waals surface area contributed by atoms with Gasteiger partial charge in [0.2, 0.25) is 0 Å². The summed E-state index contributed by atoms with van der Waals surface area (Å²) in [5, 5.41) is 4.49. The lowest BCUT2D eigenvalue weighted by Crippen LogP contribution is -2.19. The van der Waals surface area contributed by atoms with Crippen LogP contribution in [0, 0.1) is 3.57 Å². The Morgan fingerprint density at radius 1 is 1.18 bits per heavy atom. The molecule has 0 radical (unpaired) electrons. The van der Waals surface area contributed by atoms with Crippen LogP contribution in [0.15, 0.2) is 81.5 Å². The summed E-state index contributed by atoms with van der Waals surface area (Å²) < 4.78 is 17.9. The number of para-hydroxylation sites is 2. The van der Waals surface area contributed by atoms with E-state index in [0.29, 0.717) is 28.9 Å². The maximum Gasteiger partial charge on any atom is 0.257 e. The molecule has 0 saturated heterocycles. The molecule has 1 amide bonds. The first-order chi connectivity index (χ1) is 16.1. The second-order valence-corrected chi connectivity index (χ2v) is 8.93. The number of fused-ring (bicyclic) bond motifs is 1. The molecule has 33 heavy (non-hydrogen) atoms. The molecule has 1 N–H and O–H groups in total. The van der Waals surface area contributed by atoms with Gasteiger partial charge in [-0.25, -0.2) is 10.4 Å². The van der Waals surface area contributed by atoms with E-state index < -0.39 is 0 Å². The first kappa shape index (κ1) is 23.1. The summed E-state index contributed by atoms with van der Waals surface area (Å²) in [5.41, 5.74) is 5.82. The molecule has 0 saturated carbocycles. The number of nitrogens with one attached hydrogen (secondary N) is 1. The molecule has 0 unspecified atom stereocenters. The van der Waals surface area contributed by atoms with Crippen LogP contribution in [0.25, 0.3) is 11.1 Å². The van der Waals surface area contributed by atoms with Crippen molar-refractivity contribution in [1.29, 1.82) is 0 Å². The number of methoxy groups -OCH3 is 1. The van der Waals surface area contributed by atoms with Crippen molar-refractivity contribution in [2.45, 2.75) is 11.8 Å². The van der Waals surface area contributed by atoms with Gasteiger partial charge in [-0.3, -0.25) is 4.79 Å². The lowest BCUT2D eigenvalue weighted by molar-refractivity contribution is -0.118. The predicted octanol–water partition coefficient (Wildman–Crippen LogP) is 5.26. The fourth-order valence-electron chi connectivity index (χ4n) is 2.94. The molecular weight excluding hydrogens is 553 g/mol. The number of nitrogens with zero attached hydrogens (tertiary/aromatic N) is 2. The molecule has 0 bridgehead atoms. The van der Waals surface area contributed by atoms with Gasteiger partial charge in [0, 0.05) is 0 Å². The number of oxazole rings is 1. The third kappa shape index (κ3) is 6.26. The zero-order chi connectivity index (χ0) is 23.0. The van der Waals surface area contributed by atoms with Gasteiger partial charge in [0.05, 0.1) is 22.6 Å². The molecule has 4 rings (SSSR count). The first-order valence-electron chi connectivity index (χ1n) is 9.97. The van der Waals surface area contributed by atoms with Crippen LogP contribution in [0.5, 0.6) is 11.5 Å². The summed E-state index contributed by atoms with van der Waals surface area (Å²) in [4.78, 5) is 16.5. The van der Waals surface area contributed by atoms with E-state index >= 15 is 0 Å². The van der Waals surface area contributed by atoms with Crippen LogP contribution in [0.1, 0.15) is 11.1 Å². The number of aromatic nitrogens is 1. The summed E-state index contributed by atoms with van der Waals surface area (Å²) in [6.07, 6.45) is 1.56. The van der Waals surface area contributed by atoms with Crippen molar-refractivity contribution in [3.8, 4) is 11.5 Å². The number of amides is 1. The molecule has 0 atom stereocenters. The van der Waals surface area contributed by atoms with E-state index in [1.165, 1.54) is 11.8 Å². The van der Waals surface area contributed by atoms with Crippen LogP contribution in [-0.2, 0) is 11.4 Å².